The summed E-state index contributed by atoms with van der Waals surface area (Å²) in [5.74, 6) is 0.684. The van der Waals surface area contributed by atoms with Gasteiger partial charge in [-0.25, -0.2) is 0 Å². The van der Waals surface area contributed by atoms with Gasteiger partial charge in [0.25, 0.3) is 0 Å². The van der Waals surface area contributed by atoms with Gasteiger partial charge in [-0.15, -0.1) is 0 Å². The summed E-state index contributed by atoms with van der Waals surface area (Å²) < 4.78 is 3.04. The molecule has 0 amide bonds. The Morgan fingerprint density at radius 1 is 1.44 bits per heavy atom. The topological polar surface area (TPSA) is 29.9 Å². The molecule has 18 heavy (non-hydrogen) atoms. The van der Waals surface area contributed by atoms with Crippen LogP contribution in [-0.4, -0.2) is 16.8 Å². The van der Waals surface area contributed by atoms with Crippen molar-refractivity contribution in [1.29, 1.82) is 0 Å². The molecule has 2 atom stereocenters. The Hall–Kier alpha value is -0.350. The van der Waals surface area contributed by atoms with Crippen molar-refractivity contribution in [3.05, 3.63) is 16.4 Å². The van der Waals surface area contributed by atoms with Gasteiger partial charge in [0.1, 0.15) is 0 Å². The van der Waals surface area contributed by atoms with Crippen LogP contribution in [0, 0.1) is 11.3 Å². The maximum atomic E-state index is 4.30. The molecule has 0 radical (unpaired) electrons. The lowest BCUT2D eigenvalue weighted by Gasteiger charge is -2.27. The fraction of sp³-hybridized carbons (Fsp3) is 0.786. The van der Waals surface area contributed by atoms with Gasteiger partial charge >= 0.3 is 0 Å². The first-order valence-electron chi connectivity index (χ1n) is 6.59. The highest BCUT2D eigenvalue weighted by Crippen LogP contribution is 2.32. The lowest BCUT2D eigenvalue weighted by Crippen LogP contribution is -2.23. The second-order valence-corrected chi connectivity index (χ2v) is 7.30. The molecule has 0 spiro atoms. The lowest BCUT2D eigenvalue weighted by atomic mass is 9.82. The standard InChI is InChI=1S/C14H26BrN3/c1-10(8-14(2,3)4)7-12(16-5)13-11(15)9-17-18(13)6/h9-10,12,16H,7-8H2,1-6H3. The first kappa shape index (κ1) is 15.7. The monoisotopic (exact) mass is 315 g/mol. The van der Waals surface area contributed by atoms with E-state index >= 15 is 0 Å². The molecule has 0 saturated carbocycles. The number of hydrogen-bond donors (Lipinski definition) is 1. The van der Waals surface area contributed by atoms with E-state index in [1.54, 1.807) is 0 Å². The Balaban J connectivity index is 2.74. The molecule has 1 heterocycles. The predicted octanol–water partition coefficient (Wildman–Crippen LogP) is 3.91. The average Bonchev–Trinajstić information content (AvgIpc) is 2.53. The second-order valence-electron chi connectivity index (χ2n) is 6.45. The first-order valence-corrected chi connectivity index (χ1v) is 7.38. The highest BCUT2D eigenvalue weighted by atomic mass is 79.9. The minimum atomic E-state index is 0.351. The third kappa shape index (κ3) is 4.39. The summed E-state index contributed by atoms with van der Waals surface area (Å²) in [5.41, 5.74) is 1.62. The zero-order chi connectivity index (χ0) is 13.9. The van der Waals surface area contributed by atoms with Crippen LogP contribution in [0.25, 0.3) is 0 Å². The molecule has 1 aromatic rings. The summed E-state index contributed by atoms with van der Waals surface area (Å²) in [7, 11) is 4.02. The van der Waals surface area contributed by atoms with Gasteiger partial charge in [0.15, 0.2) is 0 Å². The smallest absolute Gasteiger partial charge is 0.0692 e. The molecule has 1 rings (SSSR count). The van der Waals surface area contributed by atoms with Gasteiger partial charge in [-0.05, 0) is 47.2 Å². The number of nitrogens with zero attached hydrogens (tertiary/aromatic N) is 2. The van der Waals surface area contributed by atoms with Crippen molar-refractivity contribution in [3.63, 3.8) is 0 Å². The van der Waals surface area contributed by atoms with Crippen LogP contribution >= 0.6 is 15.9 Å². The van der Waals surface area contributed by atoms with Crippen molar-refractivity contribution in [3.8, 4) is 0 Å². The number of halogens is 1. The molecule has 4 heteroatoms. The SMILES string of the molecule is CNC(CC(C)CC(C)(C)C)c1c(Br)cnn1C. The molecule has 0 aliphatic carbocycles. The van der Waals surface area contributed by atoms with E-state index in [-0.39, 0.29) is 0 Å². The highest BCUT2D eigenvalue weighted by Gasteiger charge is 2.22. The third-order valence-electron chi connectivity index (χ3n) is 3.22. The van der Waals surface area contributed by atoms with E-state index in [1.807, 2.05) is 25.0 Å². The summed E-state index contributed by atoms with van der Waals surface area (Å²) in [4.78, 5) is 0. The van der Waals surface area contributed by atoms with Crippen LogP contribution in [0.15, 0.2) is 10.7 Å². The molecule has 2 unspecified atom stereocenters. The summed E-state index contributed by atoms with van der Waals surface area (Å²) >= 11 is 3.59. The van der Waals surface area contributed by atoms with Crippen LogP contribution in [0.5, 0.6) is 0 Å². The van der Waals surface area contributed by atoms with Gasteiger partial charge in [0, 0.05) is 7.05 Å². The fourth-order valence-electron chi connectivity index (χ4n) is 2.71. The van der Waals surface area contributed by atoms with E-state index in [9.17, 15) is 0 Å². The summed E-state index contributed by atoms with van der Waals surface area (Å²) in [6.45, 7) is 9.24. The number of nitrogens with one attached hydrogen (secondary N) is 1. The maximum absolute atomic E-state index is 4.30. The Morgan fingerprint density at radius 2 is 2.06 bits per heavy atom. The largest absolute Gasteiger partial charge is 0.312 e. The van der Waals surface area contributed by atoms with Gasteiger partial charge < -0.3 is 5.32 Å². The van der Waals surface area contributed by atoms with E-state index in [2.05, 4.69) is 54.0 Å². The van der Waals surface area contributed by atoms with E-state index < -0.39 is 0 Å². The lowest BCUT2D eigenvalue weighted by molar-refractivity contribution is 0.276. The van der Waals surface area contributed by atoms with Crippen LogP contribution in [-0.2, 0) is 7.05 Å². The first-order chi connectivity index (χ1) is 8.24. The van der Waals surface area contributed by atoms with E-state index in [4.69, 9.17) is 0 Å². The Bertz CT molecular complexity index is 359. The molecule has 3 nitrogen and oxygen atoms in total. The van der Waals surface area contributed by atoms with Gasteiger partial charge in [-0.2, -0.15) is 5.10 Å². The molecule has 0 bridgehead atoms. The van der Waals surface area contributed by atoms with Crippen LogP contribution < -0.4 is 5.32 Å². The van der Waals surface area contributed by atoms with Gasteiger partial charge in [0.05, 0.1) is 22.4 Å². The minimum absolute atomic E-state index is 0.351. The van der Waals surface area contributed by atoms with Crippen molar-refractivity contribution in [2.24, 2.45) is 18.4 Å². The third-order valence-corrected chi connectivity index (χ3v) is 3.83. The molecular weight excluding hydrogens is 290 g/mol. The molecule has 104 valence electrons. The van der Waals surface area contributed by atoms with Crippen molar-refractivity contribution < 1.29 is 0 Å². The molecule has 0 aromatic carbocycles. The normalized spacial score (nSPS) is 15.7. The van der Waals surface area contributed by atoms with Crippen molar-refractivity contribution in [2.75, 3.05) is 7.05 Å². The Morgan fingerprint density at radius 3 is 2.44 bits per heavy atom. The van der Waals surface area contributed by atoms with Crippen molar-refractivity contribution in [2.45, 2.75) is 46.6 Å². The molecule has 1 aromatic heterocycles. The minimum Gasteiger partial charge on any atom is -0.312 e. The number of hydrogen-bond acceptors (Lipinski definition) is 2. The number of aromatic nitrogens is 2. The highest BCUT2D eigenvalue weighted by molar-refractivity contribution is 9.10. The number of rotatable bonds is 5. The van der Waals surface area contributed by atoms with Crippen LogP contribution in [0.2, 0.25) is 0 Å². The van der Waals surface area contributed by atoms with E-state index in [1.165, 1.54) is 12.1 Å². The fourth-order valence-corrected chi connectivity index (χ4v) is 3.33. The zero-order valence-corrected chi connectivity index (χ0v) is 14.0. The molecule has 0 saturated heterocycles. The summed E-state index contributed by atoms with van der Waals surface area (Å²) in [6.07, 6.45) is 4.24. The van der Waals surface area contributed by atoms with Crippen molar-refractivity contribution in [1.82, 2.24) is 15.1 Å². The summed E-state index contributed by atoms with van der Waals surface area (Å²) in [6, 6.07) is 0.351. The van der Waals surface area contributed by atoms with Crippen molar-refractivity contribution >= 4 is 15.9 Å². The molecular formula is C14H26BrN3. The predicted molar refractivity (Wildman–Crippen MR) is 80.6 cm³/mol. The zero-order valence-electron chi connectivity index (χ0n) is 12.4. The quantitative estimate of drug-likeness (QED) is 0.893. The van der Waals surface area contributed by atoms with Gasteiger partial charge in [0.2, 0.25) is 0 Å². The molecule has 0 aliphatic rings. The van der Waals surface area contributed by atoms with Gasteiger partial charge in [-0.1, -0.05) is 27.7 Å². The average molecular weight is 316 g/mol. The maximum Gasteiger partial charge on any atom is 0.0692 e. The molecule has 0 fully saturated rings. The summed E-state index contributed by atoms with van der Waals surface area (Å²) in [5, 5.41) is 7.71. The van der Waals surface area contributed by atoms with Crippen LogP contribution in [0.4, 0.5) is 0 Å². The molecule has 0 aliphatic heterocycles. The second kappa shape index (κ2) is 6.20. The number of aryl methyl sites for hydroxylation is 1. The van der Waals surface area contributed by atoms with Crippen LogP contribution in [0.3, 0.4) is 0 Å². The van der Waals surface area contributed by atoms with Crippen LogP contribution in [0.1, 0.15) is 52.3 Å². The van der Waals surface area contributed by atoms with Gasteiger partial charge in [-0.3, -0.25) is 4.68 Å². The molecule has 1 N–H and O–H groups in total. The van der Waals surface area contributed by atoms with E-state index in [0.717, 1.165) is 10.9 Å². The Labute approximate surface area is 119 Å². The Kier molecular flexibility index (Phi) is 5.41. The van der Waals surface area contributed by atoms with E-state index in [0.29, 0.717) is 17.4 Å².